The van der Waals surface area contributed by atoms with Crippen molar-refractivity contribution in [3.63, 3.8) is 0 Å². The van der Waals surface area contributed by atoms with Crippen LogP contribution in [0.4, 0.5) is 8.78 Å². The summed E-state index contributed by atoms with van der Waals surface area (Å²) >= 11 is 0. The lowest BCUT2D eigenvalue weighted by atomic mass is 9.99. The molecule has 2 aromatic rings. The third-order valence-electron chi connectivity index (χ3n) is 3.14. The molecule has 0 bridgehead atoms. The first-order valence-corrected chi connectivity index (χ1v) is 6.40. The van der Waals surface area contributed by atoms with Crippen LogP contribution in [-0.4, -0.2) is 6.54 Å². The number of hydrogen-bond acceptors (Lipinski definition) is 1. The fourth-order valence-corrected chi connectivity index (χ4v) is 2.12. The molecule has 0 saturated carbocycles. The van der Waals surface area contributed by atoms with Gasteiger partial charge in [0.2, 0.25) is 0 Å². The summed E-state index contributed by atoms with van der Waals surface area (Å²) in [4.78, 5) is 0. The molecular weight excluding hydrogens is 244 g/mol. The van der Waals surface area contributed by atoms with Crippen LogP contribution in [0.5, 0.6) is 0 Å². The topological polar surface area (TPSA) is 12.0 Å². The first kappa shape index (κ1) is 13.7. The molecule has 0 aromatic heterocycles. The van der Waals surface area contributed by atoms with Crippen LogP contribution in [0.1, 0.15) is 25.5 Å². The van der Waals surface area contributed by atoms with Gasteiger partial charge in [0.05, 0.1) is 0 Å². The van der Waals surface area contributed by atoms with Crippen molar-refractivity contribution in [3.05, 3.63) is 59.7 Å². The third kappa shape index (κ3) is 3.18. The molecule has 0 aliphatic rings. The first-order valence-electron chi connectivity index (χ1n) is 6.40. The van der Waals surface area contributed by atoms with E-state index in [0.717, 1.165) is 24.2 Å². The van der Waals surface area contributed by atoms with Crippen LogP contribution in [0, 0.1) is 11.6 Å². The van der Waals surface area contributed by atoms with Gasteiger partial charge < -0.3 is 5.32 Å². The number of benzene rings is 2. The number of rotatable bonds is 4. The highest BCUT2D eigenvalue weighted by Gasteiger charge is 2.09. The molecule has 0 spiro atoms. The Morgan fingerprint density at radius 3 is 2.63 bits per heavy atom. The summed E-state index contributed by atoms with van der Waals surface area (Å²) in [5.74, 6) is -0.837. The zero-order chi connectivity index (χ0) is 13.8. The predicted molar refractivity (Wildman–Crippen MR) is 73.9 cm³/mol. The summed E-state index contributed by atoms with van der Waals surface area (Å²) in [6.07, 6.45) is 0. The van der Waals surface area contributed by atoms with Crippen LogP contribution in [0.2, 0.25) is 0 Å². The van der Waals surface area contributed by atoms with E-state index in [4.69, 9.17) is 0 Å². The Labute approximate surface area is 112 Å². The lowest BCUT2D eigenvalue weighted by molar-refractivity contribution is 0.597. The minimum atomic E-state index is -0.429. The molecule has 19 heavy (non-hydrogen) atoms. The van der Waals surface area contributed by atoms with E-state index in [1.165, 1.54) is 6.07 Å². The molecule has 0 radical (unpaired) electrons. The Morgan fingerprint density at radius 1 is 1.11 bits per heavy atom. The van der Waals surface area contributed by atoms with Gasteiger partial charge in [-0.15, -0.1) is 0 Å². The molecule has 2 rings (SSSR count). The largest absolute Gasteiger partial charge is 0.310 e. The maximum absolute atomic E-state index is 13.8. The minimum Gasteiger partial charge on any atom is -0.310 e. The molecule has 0 aliphatic carbocycles. The Hall–Kier alpha value is -1.74. The van der Waals surface area contributed by atoms with E-state index in [1.807, 2.05) is 32.0 Å². The molecule has 3 heteroatoms. The minimum absolute atomic E-state index is 0.182. The van der Waals surface area contributed by atoms with Gasteiger partial charge in [-0.05, 0) is 48.9 Å². The van der Waals surface area contributed by atoms with Crippen molar-refractivity contribution in [2.24, 2.45) is 0 Å². The van der Waals surface area contributed by atoms with Crippen molar-refractivity contribution in [2.45, 2.75) is 19.9 Å². The molecule has 0 fully saturated rings. The summed E-state index contributed by atoms with van der Waals surface area (Å²) in [5.41, 5.74) is 2.05. The fraction of sp³-hybridized carbons (Fsp3) is 0.250. The highest BCUT2D eigenvalue weighted by Crippen LogP contribution is 2.26. The summed E-state index contributed by atoms with van der Waals surface area (Å²) in [5, 5.41) is 3.30. The number of nitrogens with one attached hydrogen (secondary N) is 1. The number of hydrogen-bond donors (Lipinski definition) is 1. The summed E-state index contributed by atoms with van der Waals surface area (Å²) in [7, 11) is 0. The van der Waals surface area contributed by atoms with Gasteiger partial charge in [0.1, 0.15) is 11.6 Å². The second-order valence-corrected chi connectivity index (χ2v) is 4.53. The van der Waals surface area contributed by atoms with Crippen molar-refractivity contribution in [1.29, 1.82) is 0 Å². The first-order chi connectivity index (χ1) is 9.11. The van der Waals surface area contributed by atoms with Crippen molar-refractivity contribution in [2.75, 3.05) is 6.54 Å². The highest BCUT2D eigenvalue weighted by atomic mass is 19.1. The molecule has 100 valence electrons. The lowest BCUT2D eigenvalue weighted by Crippen LogP contribution is -2.17. The van der Waals surface area contributed by atoms with Gasteiger partial charge >= 0.3 is 0 Å². The van der Waals surface area contributed by atoms with E-state index in [9.17, 15) is 8.78 Å². The molecule has 2 aromatic carbocycles. The smallest absolute Gasteiger partial charge is 0.131 e. The van der Waals surface area contributed by atoms with Crippen LogP contribution < -0.4 is 5.32 Å². The molecule has 1 atom stereocenters. The van der Waals surface area contributed by atoms with Crippen molar-refractivity contribution in [3.8, 4) is 11.1 Å². The maximum Gasteiger partial charge on any atom is 0.131 e. The van der Waals surface area contributed by atoms with Crippen LogP contribution in [0.3, 0.4) is 0 Å². The van der Waals surface area contributed by atoms with Crippen LogP contribution in [0.15, 0.2) is 42.5 Å². The van der Waals surface area contributed by atoms with Gasteiger partial charge in [-0.25, -0.2) is 8.78 Å². The molecule has 0 amide bonds. The second-order valence-electron chi connectivity index (χ2n) is 4.53. The summed E-state index contributed by atoms with van der Waals surface area (Å²) in [6.45, 7) is 4.94. The van der Waals surface area contributed by atoms with Gasteiger partial charge in [0.25, 0.3) is 0 Å². The maximum atomic E-state index is 13.8. The average Bonchev–Trinajstić information content (AvgIpc) is 2.42. The van der Waals surface area contributed by atoms with E-state index < -0.39 is 11.6 Å². The van der Waals surface area contributed by atoms with Gasteiger partial charge in [-0.2, -0.15) is 0 Å². The van der Waals surface area contributed by atoms with E-state index in [-0.39, 0.29) is 6.04 Å². The van der Waals surface area contributed by atoms with E-state index >= 15 is 0 Å². The zero-order valence-corrected chi connectivity index (χ0v) is 11.1. The summed E-state index contributed by atoms with van der Waals surface area (Å²) < 4.78 is 27.0. The Bertz CT molecular complexity index is 566. The van der Waals surface area contributed by atoms with Gasteiger partial charge in [0.15, 0.2) is 0 Å². The average molecular weight is 261 g/mol. The SMILES string of the molecule is CCNC(C)c1cccc(-c2cc(F)ccc2F)c1. The molecule has 0 aliphatic heterocycles. The fourth-order valence-electron chi connectivity index (χ4n) is 2.12. The number of halogens is 2. The quantitative estimate of drug-likeness (QED) is 0.865. The van der Waals surface area contributed by atoms with Crippen molar-refractivity contribution < 1.29 is 8.78 Å². The van der Waals surface area contributed by atoms with Crippen LogP contribution >= 0.6 is 0 Å². The Kier molecular flexibility index (Phi) is 4.27. The highest BCUT2D eigenvalue weighted by molar-refractivity contribution is 5.65. The monoisotopic (exact) mass is 261 g/mol. The van der Waals surface area contributed by atoms with Crippen molar-refractivity contribution >= 4 is 0 Å². The second kappa shape index (κ2) is 5.93. The normalized spacial score (nSPS) is 12.4. The van der Waals surface area contributed by atoms with E-state index in [1.54, 1.807) is 6.07 Å². The van der Waals surface area contributed by atoms with Gasteiger partial charge in [0, 0.05) is 11.6 Å². The standard InChI is InChI=1S/C16H17F2N/c1-3-19-11(2)12-5-4-6-13(9-12)15-10-14(17)7-8-16(15)18/h4-11,19H,3H2,1-2H3. The molecule has 1 nitrogen and oxygen atoms in total. The van der Waals surface area contributed by atoms with E-state index in [0.29, 0.717) is 11.1 Å². The predicted octanol–water partition coefficient (Wildman–Crippen LogP) is 4.30. The van der Waals surface area contributed by atoms with Crippen LogP contribution in [0.25, 0.3) is 11.1 Å². The zero-order valence-electron chi connectivity index (χ0n) is 11.1. The van der Waals surface area contributed by atoms with Crippen LogP contribution in [-0.2, 0) is 0 Å². The van der Waals surface area contributed by atoms with Gasteiger partial charge in [-0.1, -0.05) is 25.1 Å². The molecule has 1 unspecified atom stereocenters. The molecule has 0 heterocycles. The Balaban J connectivity index is 2.40. The van der Waals surface area contributed by atoms with Gasteiger partial charge in [-0.3, -0.25) is 0 Å². The summed E-state index contributed by atoms with van der Waals surface area (Å²) in [6, 6.07) is 11.2. The Morgan fingerprint density at radius 2 is 1.89 bits per heavy atom. The molecule has 1 N–H and O–H groups in total. The molecule has 0 saturated heterocycles. The molecular formula is C16H17F2N. The lowest BCUT2D eigenvalue weighted by Gasteiger charge is -2.14. The van der Waals surface area contributed by atoms with E-state index in [2.05, 4.69) is 5.32 Å². The van der Waals surface area contributed by atoms with Crippen molar-refractivity contribution in [1.82, 2.24) is 5.32 Å². The third-order valence-corrected chi connectivity index (χ3v) is 3.14.